The Balaban J connectivity index is 3.02. The molecule has 0 radical (unpaired) electrons. The average molecular weight is 390 g/mol. The van der Waals surface area contributed by atoms with Crippen LogP contribution in [-0.2, 0) is 15.7 Å². The minimum absolute atomic E-state index is 0.197. The topological polar surface area (TPSA) is 38.7 Å². The highest BCUT2D eigenvalue weighted by atomic mass is 19.4. The zero-order valence-corrected chi connectivity index (χ0v) is 16.6. The van der Waals surface area contributed by atoms with Crippen LogP contribution in [0.15, 0.2) is 24.3 Å². The minimum Gasteiger partial charge on any atom is -0.343 e. The number of unbranched alkanes of at least 4 members (excludes halogenated alkanes) is 5. The number of alkyl halides is 3. The predicted octanol–water partition coefficient (Wildman–Crippen LogP) is 6.26. The Morgan fingerprint density at radius 3 is 2.07 bits per heavy atom. The summed E-state index contributed by atoms with van der Waals surface area (Å²) in [7, 11) is 0. The first kappa shape index (κ1) is 23.9. The van der Waals surface area contributed by atoms with E-state index in [2.05, 4.69) is 6.92 Å². The van der Waals surface area contributed by atoms with E-state index >= 15 is 0 Å². The summed E-state index contributed by atoms with van der Waals surface area (Å²) in [6, 6.07) is 5.08. The molecule has 0 aliphatic rings. The van der Waals surface area contributed by atoms with Crippen LogP contribution in [-0.4, -0.2) is 24.3 Å². The van der Waals surface area contributed by atoms with Crippen molar-refractivity contribution in [1.29, 1.82) is 0 Å². The number of aliphatic hydroxyl groups is 1. The van der Waals surface area contributed by atoms with Gasteiger partial charge in [0, 0.05) is 13.2 Å². The van der Waals surface area contributed by atoms with E-state index < -0.39 is 23.6 Å². The van der Waals surface area contributed by atoms with Crippen molar-refractivity contribution in [3.8, 4) is 0 Å². The fourth-order valence-corrected chi connectivity index (χ4v) is 3.28. The second kappa shape index (κ2) is 11.7. The van der Waals surface area contributed by atoms with Gasteiger partial charge in [0.05, 0.1) is 11.5 Å². The lowest BCUT2D eigenvalue weighted by molar-refractivity contribution is -0.370. The third kappa shape index (κ3) is 7.80. The molecule has 1 aromatic carbocycles. The molecule has 0 saturated heterocycles. The molecule has 0 amide bonds. The van der Waals surface area contributed by atoms with E-state index in [1.54, 1.807) is 19.9 Å². The standard InChI is InChI=1S/C21H33F3O3/c1-4-7-8-9-10-11-15-19(21(25,26-5-2)27-6-3)17-13-12-14-18(16-17)20(22,23)24/h12-14,16,19,25H,4-11,15H2,1-3H3. The summed E-state index contributed by atoms with van der Waals surface area (Å²) in [5, 5.41) is 10.9. The molecule has 6 heteroatoms. The number of benzene rings is 1. The Morgan fingerprint density at radius 1 is 0.926 bits per heavy atom. The lowest BCUT2D eigenvalue weighted by Crippen LogP contribution is -2.42. The van der Waals surface area contributed by atoms with Crippen molar-refractivity contribution >= 4 is 0 Å². The van der Waals surface area contributed by atoms with Crippen LogP contribution in [0.3, 0.4) is 0 Å². The van der Waals surface area contributed by atoms with Crippen LogP contribution >= 0.6 is 0 Å². The molecule has 0 saturated carbocycles. The van der Waals surface area contributed by atoms with Crippen LogP contribution in [0.2, 0.25) is 0 Å². The molecule has 0 bridgehead atoms. The number of hydrogen-bond donors (Lipinski definition) is 1. The van der Waals surface area contributed by atoms with E-state index in [1.807, 2.05) is 0 Å². The van der Waals surface area contributed by atoms with E-state index in [0.29, 0.717) is 12.0 Å². The van der Waals surface area contributed by atoms with Crippen molar-refractivity contribution in [2.75, 3.05) is 13.2 Å². The SMILES string of the molecule is CCCCCCCCC(c1cccc(C(F)(F)F)c1)C(O)(OCC)OCC. The zero-order chi connectivity index (χ0) is 20.3. The number of rotatable bonds is 13. The second-order valence-electron chi connectivity index (χ2n) is 6.73. The van der Waals surface area contributed by atoms with E-state index in [9.17, 15) is 18.3 Å². The molecule has 0 aromatic heterocycles. The summed E-state index contributed by atoms with van der Waals surface area (Å²) in [6.45, 7) is 5.98. The van der Waals surface area contributed by atoms with Gasteiger partial charge in [-0.2, -0.15) is 13.2 Å². The van der Waals surface area contributed by atoms with Gasteiger partial charge in [0.15, 0.2) is 0 Å². The smallest absolute Gasteiger partial charge is 0.343 e. The summed E-state index contributed by atoms with van der Waals surface area (Å²) in [6.07, 6.45) is 2.35. The van der Waals surface area contributed by atoms with Gasteiger partial charge in [0.25, 0.3) is 5.97 Å². The number of hydrogen-bond acceptors (Lipinski definition) is 3. The molecule has 1 unspecified atom stereocenters. The van der Waals surface area contributed by atoms with Gasteiger partial charge in [-0.1, -0.05) is 63.6 Å². The summed E-state index contributed by atoms with van der Waals surface area (Å²) in [5.74, 6) is -2.62. The molecule has 156 valence electrons. The third-order valence-electron chi connectivity index (χ3n) is 4.61. The maximum Gasteiger partial charge on any atom is 0.416 e. The van der Waals surface area contributed by atoms with Crippen molar-refractivity contribution in [2.45, 2.75) is 83.8 Å². The van der Waals surface area contributed by atoms with Gasteiger partial charge in [-0.3, -0.25) is 0 Å². The van der Waals surface area contributed by atoms with Crippen molar-refractivity contribution in [3.63, 3.8) is 0 Å². The average Bonchev–Trinajstić information content (AvgIpc) is 2.61. The molecular weight excluding hydrogens is 357 g/mol. The lowest BCUT2D eigenvalue weighted by atomic mass is 9.89. The maximum atomic E-state index is 13.1. The fourth-order valence-electron chi connectivity index (χ4n) is 3.28. The Hall–Kier alpha value is -1.11. The molecule has 0 fully saturated rings. The van der Waals surface area contributed by atoms with Crippen LogP contribution in [0, 0.1) is 0 Å². The molecule has 0 aliphatic carbocycles. The van der Waals surface area contributed by atoms with E-state index in [0.717, 1.165) is 44.2 Å². The van der Waals surface area contributed by atoms with Crippen molar-refractivity contribution in [2.24, 2.45) is 0 Å². The summed E-state index contributed by atoms with van der Waals surface area (Å²) < 4.78 is 50.3. The first-order valence-corrected chi connectivity index (χ1v) is 9.95. The molecule has 1 N–H and O–H groups in total. The highest BCUT2D eigenvalue weighted by molar-refractivity contribution is 5.29. The largest absolute Gasteiger partial charge is 0.416 e. The second-order valence-corrected chi connectivity index (χ2v) is 6.73. The van der Waals surface area contributed by atoms with Gasteiger partial charge in [-0.05, 0) is 31.9 Å². The van der Waals surface area contributed by atoms with Gasteiger partial charge in [-0.15, -0.1) is 0 Å². The van der Waals surface area contributed by atoms with Crippen LogP contribution in [0.5, 0.6) is 0 Å². The van der Waals surface area contributed by atoms with E-state index in [1.165, 1.54) is 12.5 Å². The Bertz CT molecular complexity index is 526. The molecule has 27 heavy (non-hydrogen) atoms. The zero-order valence-electron chi connectivity index (χ0n) is 16.6. The lowest BCUT2D eigenvalue weighted by Gasteiger charge is -2.35. The maximum absolute atomic E-state index is 13.1. The Labute approximate surface area is 160 Å². The normalized spacial score (nSPS) is 13.7. The Kier molecular flexibility index (Phi) is 10.3. The van der Waals surface area contributed by atoms with E-state index in [4.69, 9.17) is 9.47 Å². The molecule has 0 spiro atoms. The molecule has 0 heterocycles. The highest BCUT2D eigenvalue weighted by Crippen LogP contribution is 2.38. The summed E-state index contributed by atoms with van der Waals surface area (Å²) in [4.78, 5) is 0. The quantitative estimate of drug-likeness (QED) is 0.319. The van der Waals surface area contributed by atoms with Crippen molar-refractivity contribution in [3.05, 3.63) is 35.4 Å². The first-order valence-electron chi connectivity index (χ1n) is 9.95. The predicted molar refractivity (Wildman–Crippen MR) is 100 cm³/mol. The van der Waals surface area contributed by atoms with Crippen molar-refractivity contribution in [1.82, 2.24) is 0 Å². The van der Waals surface area contributed by atoms with Gasteiger partial charge in [-0.25, -0.2) is 0 Å². The summed E-state index contributed by atoms with van der Waals surface area (Å²) >= 11 is 0. The first-order chi connectivity index (χ1) is 12.8. The fraction of sp³-hybridized carbons (Fsp3) is 0.714. The third-order valence-corrected chi connectivity index (χ3v) is 4.61. The highest BCUT2D eigenvalue weighted by Gasteiger charge is 2.41. The monoisotopic (exact) mass is 390 g/mol. The Morgan fingerprint density at radius 2 is 1.52 bits per heavy atom. The van der Waals surface area contributed by atoms with Gasteiger partial charge < -0.3 is 14.6 Å². The van der Waals surface area contributed by atoms with Crippen LogP contribution < -0.4 is 0 Å². The molecular formula is C21H33F3O3. The van der Waals surface area contributed by atoms with Crippen molar-refractivity contribution < 1.29 is 27.8 Å². The van der Waals surface area contributed by atoms with E-state index in [-0.39, 0.29) is 13.2 Å². The molecule has 1 rings (SSSR count). The van der Waals surface area contributed by atoms with Crippen LogP contribution in [0.1, 0.15) is 82.8 Å². The van der Waals surface area contributed by atoms with Gasteiger partial charge >= 0.3 is 6.18 Å². The van der Waals surface area contributed by atoms with Gasteiger partial charge in [0.2, 0.25) is 0 Å². The van der Waals surface area contributed by atoms with Crippen LogP contribution in [0.25, 0.3) is 0 Å². The molecule has 3 nitrogen and oxygen atoms in total. The molecule has 1 atom stereocenters. The van der Waals surface area contributed by atoms with Gasteiger partial charge in [0.1, 0.15) is 0 Å². The van der Waals surface area contributed by atoms with Crippen LogP contribution in [0.4, 0.5) is 13.2 Å². The summed E-state index contributed by atoms with van der Waals surface area (Å²) in [5.41, 5.74) is -0.355. The molecule has 1 aromatic rings. The molecule has 0 aliphatic heterocycles. The minimum atomic E-state index is -4.43. The number of halogens is 3. The number of ether oxygens (including phenoxy) is 2.